The molecule has 0 aromatic heterocycles. The van der Waals surface area contributed by atoms with E-state index in [4.69, 9.17) is 0 Å². The zero-order chi connectivity index (χ0) is 37.7. The third kappa shape index (κ3) is 11.7. The molecule has 54 heavy (non-hydrogen) atoms. The molecule has 0 bridgehead atoms. The number of nitrogens with zero attached hydrogens (tertiary/aromatic N) is 1. The van der Waals surface area contributed by atoms with Gasteiger partial charge in [-0.2, -0.15) is 0 Å². The lowest BCUT2D eigenvalue weighted by atomic mass is 10.1. The summed E-state index contributed by atoms with van der Waals surface area (Å²) in [5, 5.41) is 14.5. The molecule has 6 rings (SSSR count). The topological polar surface area (TPSA) is 115 Å². The highest BCUT2D eigenvalue weighted by molar-refractivity contribution is 6.00. The number of benzene rings is 6. The SMILES string of the molecule is Cc1ccc(NC(=O)Cc2ccc(CN(Cc3ccc(NC(=O)Nc4ccccc4)cc3)Cc3ccc(NC(=O)Nc4ccc(C)cc4)cc3)cc2)cc1. The van der Waals surface area contributed by atoms with Crippen LogP contribution in [0.4, 0.5) is 38.0 Å². The van der Waals surface area contributed by atoms with Gasteiger partial charge in [0.2, 0.25) is 5.91 Å². The quantitative estimate of drug-likeness (QED) is 0.0819. The second-order valence-corrected chi connectivity index (χ2v) is 13.3. The van der Waals surface area contributed by atoms with Gasteiger partial charge in [-0.15, -0.1) is 0 Å². The number of nitrogens with one attached hydrogen (secondary N) is 5. The molecule has 0 aliphatic carbocycles. The summed E-state index contributed by atoms with van der Waals surface area (Å²) < 4.78 is 0. The Morgan fingerprint density at radius 3 is 1.11 bits per heavy atom. The lowest BCUT2D eigenvalue weighted by molar-refractivity contribution is -0.115. The van der Waals surface area contributed by atoms with Crippen LogP contribution in [0, 0.1) is 13.8 Å². The maximum Gasteiger partial charge on any atom is 0.323 e. The number of hydrogen-bond donors (Lipinski definition) is 5. The molecule has 5 N–H and O–H groups in total. The van der Waals surface area contributed by atoms with Crippen molar-refractivity contribution in [2.75, 3.05) is 26.6 Å². The summed E-state index contributed by atoms with van der Waals surface area (Å²) in [4.78, 5) is 40.2. The van der Waals surface area contributed by atoms with Crippen LogP contribution in [0.2, 0.25) is 0 Å². The highest BCUT2D eigenvalue weighted by Crippen LogP contribution is 2.20. The Morgan fingerprint density at radius 2 is 0.704 bits per heavy atom. The summed E-state index contributed by atoms with van der Waals surface area (Å²) in [5.41, 5.74) is 10.1. The van der Waals surface area contributed by atoms with Gasteiger partial charge in [-0.05, 0) is 96.8 Å². The molecule has 0 atom stereocenters. The van der Waals surface area contributed by atoms with Gasteiger partial charge in [0.1, 0.15) is 0 Å². The van der Waals surface area contributed by atoms with Crippen LogP contribution >= 0.6 is 0 Å². The molecule has 6 aromatic carbocycles. The first-order chi connectivity index (χ1) is 26.2. The van der Waals surface area contributed by atoms with Crippen molar-refractivity contribution in [1.82, 2.24) is 4.90 Å². The Balaban J connectivity index is 1.10. The lowest BCUT2D eigenvalue weighted by Crippen LogP contribution is -2.23. The van der Waals surface area contributed by atoms with Gasteiger partial charge < -0.3 is 26.6 Å². The molecule has 0 aliphatic rings. The number of rotatable bonds is 13. The van der Waals surface area contributed by atoms with Gasteiger partial charge in [0, 0.05) is 48.1 Å². The van der Waals surface area contributed by atoms with E-state index in [1.807, 2.05) is 153 Å². The van der Waals surface area contributed by atoms with E-state index in [9.17, 15) is 14.4 Å². The molecule has 0 heterocycles. The molecule has 5 amide bonds. The van der Waals surface area contributed by atoms with Crippen molar-refractivity contribution in [3.8, 4) is 0 Å². The van der Waals surface area contributed by atoms with Crippen LogP contribution in [0.1, 0.15) is 33.4 Å². The Hall–Kier alpha value is -6.71. The number of para-hydroxylation sites is 1. The smallest absolute Gasteiger partial charge is 0.323 e. The first kappa shape index (κ1) is 37.1. The third-order valence-corrected chi connectivity index (χ3v) is 8.71. The van der Waals surface area contributed by atoms with Crippen LogP contribution in [-0.4, -0.2) is 22.9 Å². The fraction of sp³-hybridized carbons (Fsp3) is 0.133. The number of anilines is 5. The van der Waals surface area contributed by atoms with Crippen LogP contribution in [0.5, 0.6) is 0 Å². The summed E-state index contributed by atoms with van der Waals surface area (Å²) >= 11 is 0. The Labute approximate surface area is 316 Å². The van der Waals surface area contributed by atoms with Crippen molar-refractivity contribution in [2.24, 2.45) is 0 Å². The van der Waals surface area contributed by atoms with E-state index < -0.39 is 0 Å². The van der Waals surface area contributed by atoms with Crippen LogP contribution in [0.15, 0.2) is 152 Å². The van der Waals surface area contributed by atoms with E-state index >= 15 is 0 Å². The molecule has 0 fully saturated rings. The first-order valence-electron chi connectivity index (χ1n) is 17.8. The average molecular weight is 717 g/mol. The molecule has 6 aromatic rings. The molecule has 9 heteroatoms. The zero-order valence-corrected chi connectivity index (χ0v) is 30.4. The van der Waals surface area contributed by atoms with E-state index in [1.165, 1.54) is 0 Å². The molecule has 0 unspecified atom stereocenters. The number of urea groups is 2. The van der Waals surface area contributed by atoms with Crippen LogP contribution < -0.4 is 26.6 Å². The number of carbonyl (C=O) groups excluding carboxylic acids is 3. The summed E-state index contributed by atoms with van der Waals surface area (Å²) in [5.74, 6) is -0.0609. The number of amides is 5. The largest absolute Gasteiger partial charge is 0.326 e. The standard InChI is InChI=1S/C45H44N6O3/c1-32-8-20-39(21-9-32)46-43(52)28-34-12-14-35(15-13-34)29-51(30-36-16-24-41(25-17-36)49-44(53)47-38-6-4-3-5-7-38)31-37-18-26-42(27-19-37)50-45(54)48-40-22-10-33(2)11-23-40/h3-27H,28-31H2,1-2H3,(H,46,52)(H2,47,49,53)(H2,48,50,54). The maximum absolute atomic E-state index is 12.7. The van der Waals surface area contributed by atoms with E-state index in [0.29, 0.717) is 31.0 Å². The Morgan fingerprint density at radius 1 is 0.389 bits per heavy atom. The maximum atomic E-state index is 12.7. The van der Waals surface area contributed by atoms with Gasteiger partial charge in [-0.25, -0.2) is 9.59 Å². The number of carbonyl (C=O) groups is 3. The molecule has 272 valence electrons. The molecular formula is C45H44N6O3. The van der Waals surface area contributed by atoms with E-state index in [0.717, 1.165) is 50.4 Å². The van der Waals surface area contributed by atoms with Gasteiger partial charge in [0.05, 0.1) is 6.42 Å². The van der Waals surface area contributed by atoms with Crippen molar-refractivity contribution in [3.05, 3.63) is 185 Å². The minimum atomic E-state index is -0.308. The van der Waals surface area contributed by atoms with Crippen LogP contribution in [-0.2, 0) is 30.8 Å². The van der Waals surface area contributed by atoms with Gasteiger partial charge in [-0.3, -0.25) is 9.69 Å². The van der Waals surface area contributed by atoms with Gasteiger partial charge in [0.25, 0.3) is 0 Å². The van der Waals surface area contributed by atoms with Crippen molar-refractivity contribution in [2.45, 2.75) is 39.9 Å². The van der Waals surface area contributed by atoms with Crippen molar-refractivity contribution in [1.29, 1.82) is 0 Å². The minimum absolute atomic E-state index is 0.0609. The monoisotopic (exact) mass is 716 g/mol. The first-order valence-corrected chi connectivity index (χ1v) is 17.8. The highest BCUT2D eigenvalue weighted by Gasteiger charge is 2.12. The van der Waals surface area contributed by atoms with Gasteiger partial charge in [0.15, 0.2) is 0 Å². The van der Waals surface area contributed by atoms with Crippen LogP contribution in [0.25, 0.3) is 0 Å². The van der Waals surface area contributed by atoms with Crippen molar-refractivity contribution in [3.63, 3.8) is 0 Å². The molecule has 0 radical (unpaired) electrons. The summed E-state index contributed by atoms with van der Waals surface area (Å²) in [6.07, 6.45) is 0.283. The minimum Gasteiger partial charge on any atom is -0.326 e. The molecular weight excluding hydrogens is 673 g/mol. The van der Waals surface area contributed by atoms with Gasteiger partial charge in [-0.1, -0.05) is 102 Å². The number of hydrogen-bond acceptors (Lipinski definition) is 4. The predicted molar refractivity (Wildman–Crippen MR) is 219 cm³/mol. The van der Waals surface area contributed by atoms with Crippen LogP contribution in [0.3, 0.4) is 0 Å². The second kappa shape index (κ2) is 18.2. The normalized spacial score (nSPS) is 10.7. The molecule has 9 nitrogen and oxygen atoms in total. The van der Waals surface area contributed by atoms with E-state index in [1.54, 1.807) is 0 Å². The van der Waals surface area contributed by atoms with Gasteiger partial charge >= 0.3 is 12.1 Å². The number of aryl methyl sites for hydroxylation is 2. The highest BCUT2D eigenvalue weighted by atomic mass is 16.2. The average Bonchev–Trinajstić information content (AvgIpc) is 3.16. The third-order valence-electron chi connectivity index (χ3n) is 8.71. The Kier molecular flexibility index (Phi) is 12.5. The predicted octanol–water partition coefficient (Wildman–Crippen LogP) is 9.98. The molecule has 0 saturated carbocycles. The molecule has 0 spiro atoms. The molecule has 0 saturated heterocycles. The fourth-order valence-corrected chi connectivity index (χ4v) is 5.86. The summed E-state index contributed by atoms with van der Waals surface area (Å²) in [6.45, 7) is 5.98. The Bertz CT molecular complexity index is 2030. The van der Waals surface area contributed by atoms with E-state index in [-0.39, 0.29) is 24.4 Å². The second-order valence-electron chi connectivity index (χ2n) is 13.3. The zero-order valence-electron chi connectivity index (χ0n) is 30.4. The fourth-order valence-electron chi connectivity index (χ4n) is 5.86. The summed E-state index contributed by atoms with van der Waals surface area (Å²) in [7, 11) is 0. The lowest BCUT2D eigenvalue weighted by Gasteiger charge is -2.23. The van der Waals surface area contributed by atoms with Crippen molar-refractivity contribution >= 4 is 46.4 Å². The van der Waals surface area contributed by atoms with Crippen molar-refractivity contribution < 1.29 is 14.4 Å². The summed E-state index contributed by atoms with van der Waals surface area (Å²) in [6, 6.07) is 47.9. The molecule has 0 aliphatic heterocycles. The van der Waals surface area contributed by atoms with E-state index in [2.05, 4.69) is 43.6 Å².